The predicted molar refractivity (Wildman–Crippen MR) is 73.3 cm³/mol. The fourth-order valence-electron chi connectivity index (χ4n) is 2.72. The van der Waals surface area contributed by atoms with Gasteiger partial charge >= 0.3 is 5.97 Å². The number of likely N-dealkylation sites (tertiary alicyclic amines) is 1. The molecule has 0 spiro atoms. The van der Waals surface area contributed by atoms with E-state index in [1.165, 1.54) is 6.42 Å². The Bertz CT molecular complexity index is 437. The highest BCUT2D eigenvalue weighted by molar-refractivity contribution is 5.78. The van der Waals surface area contributed by atoms with Gasteiger partial charge in [-0.05, 0) is 50.6 Å². The number of rotatable bonds is 4. The average Bonchev–Trinajstić information content (AvgIpc) is 2.42. The molecule has 1 atom stereocenters. The first-order valence-electron chi connectivity index (χ1n) is 6.79. The smallest absolute Gasteiger partial charge is 0.324 e. The third-order valence-electron chi connectivity index (χ3n) is 4.00. The maximum absolute atomic E-state index is 11.7. The van der Waals surface area contributed by atoms with Gasteiger partial charge in [-0.3, -0.25) is 9.69 Å². The van der Waals surface area contributed by atoms with Crippen LogP contribution in [0.4, 0.5) is 0 Å². The van der Waals surface area contributed by atoms with Crippen LogP contribution >= 0.6 is 0 Å². The van der Waals surface area contributed by atoms with Crippen LogP contribution in [0.2, 0.25) is 0 Å². The number of carbonyl (C=O) groups is 1. The van der Waals surface area contributed by atoms with Gasteiger partial charge in [-0.15, -0.1) is 0 Å². The van der Waals surface area contributed by atoms with Gasteiger partial charge in [0.1, 0.15) is 11.3 Å². The van der Waals surface area contributed by atoms with Crippen molar-refractivity contribution in [2.75, 3.05) is 13.1 Å². The van der Waals surface area contributed by atoms with Crippen LogP contribution in [-0.4, -0.2) is 39.7 Å². The number of carboxylic acid groups (broad SMARTS) is 1. The molecule has 4 heteroatoms. The molecule has 1 heterocycles. The zero-order valence-corrected chi connectivity index (χ0v) is 11.3. The standard InChI is InChI=1S/C15H21NO3/c1-15(14(18)19,16-9-3-2-4-10-16)11-12-5-7-13(17)8-6-12/h5-8,17H,2-4,9-11H2,1H3,(H,18,19). The Morgan fingerprint density at radius 3 is 2.32 bits per heavy atom. The fraction of sp³-hybridized carbons (Fsp3) is 0.533. The van der Waals surface area contributed by atoms with Gasteiger partial charge in [-0.1, -0.05) is 18.6 Å². The largest absolute Gasteiger partial charge is 0.508 e. The molecule has 1 aromatic carbocycles. The van der Waals surface area contributed by atoms with E-state index < -0.39 is 11.5 Å². The molecule has 104 valence electrons. The molecule has 1 saturated heterocycles. The number of benzene rings is 1. The zero-order chi connectivity index (χ0) is 13.9. The molecule has 4 nitrogen and oxygen atoms in total. The molecule has 1 aliphatic heterocycles. The summed E-state index contributed by atoms with van der Waals surface area (Å²) in [6.07, 6.45) is 3.78. The Hall–Kier alpha value is -1.55. The Morgan fingerprint density at radius 1 is 1.21 bits per heavy atom. The first-order chi connectivity index (χ1) is 9.02. The van der Waals surface area contributed by atoms with Crippen LogP contribution in [0.25, 0.3) is 0 Å². The van der Waals surface area contributed by atoms with Crippen molar-refractivity contribution >= 4 is 5.97 Å². The van der Waals surface area contributed by atoms with Crippen LogP contribution in [0.15, 0.2) is 24.3 Å². The molecule has 1 unspecified atom stereocenters. The Labute approximate surface area is 113 Å². The minimum absolute atomic E-state index is 0.207. The zero-order valence-electron chi connectivity index (χ0n) is 11.3. The number of aliphatic carboxylic acids is 1. The Kier molecular flexibility index (Phi) is 4.10. The Balaban J connectivity index is 2.18. The third-order valence-corrected chi connectivity index (χ3v) is 4.00. The van der Waals surface area contributed by atoms with Crippen molar-refractivity contribution in [3.63, 3.8) is 0 Å². The number of piperidine rings is 1. The lowest BCUT2D eigenvalue weighted by molar-refractivity contribution is -0.151. The monoisotopic (exact) mass is 263 g/mol. The maximum atomic E-state index is 11.7. The van der Waals surface area contributed by atoms with Gasteiger partial charge in [0.2, 0.25) is 0 Å². The summed E-state index contributed by atoms with van der Waals surface area (Å²) in [5.41, 5.74) is 0.0745. The SMILES string of the molecule is CC(Cc1ccc(O)cc1)(C(=O)O)N1CCCCC1. The second-order valence-corrected chi connectivity index (χ2v) is 5.47. The fourth-order valence-corrected chi connectivity index (χ4v) is 2.72. The molecule has 2 rings (SSSR count). The Morgan fingerprint density at radius 2 is 1.79 bits per heavy atom. The van der Waals surface area contributed by atoms with Crippen LogP contribution in [0, 0.1) is 0 Å². The quantitative estimate of drug-likeness (QED) is 0.874. The summed E-state index contributed by atoms with van der Waals surface area (Å²) in [4.78, 5) is 13.8. The second-order valence-electron chi connectivity index (χ2n) is 5.47. The molecule has 0 aromatic heterocycles. The number of hydrogen-bond acceptors (Lipinski definition) is 3. The summed E-state index contributed by atoms with van der Waals surface area (Å²) >= 11 is 0. The molecule has 0 saturated carbocycles. The predicted octanol–water partition coefficient (Wildman–Crippen LogP) is 2.26. The topological polar surface area (TPSA) is 60.8 Å². The van der Waals surface area contributed by atoms with E-state index in [0.29, 0.717) is 6.42 Å². The molecule has 0 radical (unpaired) electrons. The van der Waals surface area contributed by atoms with Gasteiger partial charge in [-0.25, -0.2) is 0 Å². The lowest BCUT2D eigenvalue weighted by atomic mass is 9.89. The lowest BCUT2D eigenvalue weighted by Crippen LogP contribution is -2.55. The van der Waals surface area contributed by atoms with Crippen molar-refractivity contribution in [2.24, 2.45) is 0 Å². The number of aromatic hydroxyl groups is 1. The summed E-state index contributed by atoms with van der Waals surface area (Å²) < 4.78 is 0. The summed E-state index contributed by atoms with van der Waals surface area (Å²) in [5, 5.41) is 18.9. The van der Waals surface area contributed by atoms with E-state index >= 15 is 0 Å². The molecule has 0 bridgehead atoms. The molecule has 1 aliphatic rings. The van der Waals surface area contributed by atoms with Gasteiger partial charge in [0.25, 0.3) is 0 Å². The highest BCUT2D eigenvalue weighted by Gasteiger charge is 2.39. The first-order valence-corrected chi connectivity index (χ1v) is 6.79. The third kappa shape index (κ3) is 3.07. The van der Waals surface area contributed by atoms with Crippen molar-refractivity contribution in [1.82, 2.24) is 4.90 Å². The number of nitrogens with zero attached hydrogens (tertiary/aromatic N) is 1. The highest BCUT2D eigenvalue weighted by atomic mass is 16.4. The van der Waals surface area contributed by atoms with Crippen molar-refractivity contribution in [3.05, 3.63) is 29.8 Å². The molecule has 1 fully saturated rings. The van der Waals surface area contributed by atoms with E-state index in [1.54, 1.807) is 31.2 Å². The van der Waals surface area contributed by atoms with Crippen LogP contribution in [0.3, 0.4) is 0 Å². The van der Waals surface area contributed by atoms with E-state index in [-0.39, 0.29) is 5.75 Å². The van der Waals surface area contributed by atoms with E-state index in [0.717, 1.165) is 31.5 Å². The normalized spacial score (nSPS) is 19.8. The number of phenolic OH excluding ortho intramolecular Hbond substituents is 1. The van der Waals surface area contributed by atoms with Crippen LogP contribution in [-0.2, 0) is 11.2 Å². The highest BCUT2D eigenvalue weighted by Crippen LogP contribution is 2.26. The van der Waals surface area contributed by atoms with Crippen LogP contribution in [0.1, 0.15) is 31.7 Å². The van der Waals surface area contributed by atoms with Gasteiger partial charge in [0.15, 0.2) is 0 Å². The molecule has 19 heavy (non-hydrogen) atoms. The van der Waals surface area contributed by atoms with E-state index in [9.17, 15) is 15.0 Å². The average molecular weight is 263 g/mol. The van der Waals surface area contributed by atoms with Gasteiger partial charge in [0.05, 0.1) is 0 Å². The van der Waals surface area contributed by atoms with E-state index in [1.807, 2.05) is 0 Å². The lowest BCUT2D eigenvalue weighted by Gasteiger charge is -2.40. The minimum Gasteiger partial charge on any atom is -0.508 e. The van der Waals surface area contributed by atoms with E-state index in [4.69, 9.17) is 0 Å². The van der Waals surface area contributed by atoms with E-state index in [2.05, 4.69) is 4.90 Å². The molecule has 0 amide bonds. The second kappa shape index (κ2) is 5.61. The summed E-state index contributed by atoms with van der Waals surface area (Å²) in [6, 6.07) is 6.79. The van der Waals surface area contributed by atoms with Crippen LogP contribution < -0.4 is 0 Å². The van der Waals surface area contributed by atoms with Gasteiger partial charge < -0.3 is 10.2 Å². The number of carboxylic acids is 1. The minimum atomic E-state index is -0.864. The molecular formula is C15H21NO3. The van der Waals surface area contributed by atoms with Crippen LogP contribution in [0.5, 0.6) is 5.75 Å². The van der Waals surface area contributed by atoms with Crippen molar-refractivity contribution in [2.45, 2.75) is 38.1 Å². The molecule has 1 aromatic rings. The van der Waals surface area contributed by atoms with Crippen molar-refractivity contribution < 1.29 is 15.0 Å². The molecule has 2 N–H and O–H groups in total. The molecular weight excluding hydrogens is 242 g/mol. The van der Waals surface area contributed by atoms with Gasteiger partial charge in [-0.2, -0.15) is 0 Å². The molecule has 0 aliphatic carbocycles. The maximum Gasteiger partial charge on any atom is 0.324 e. The first kappa shape index (κ1) is 13.9. The van der Waals surface area contributed by atoms with Gasteiger partial charge in [0, 0.05) is 6.42 Å². The summed E-state index contributed by atoms with van der Waals surface area (Å²) in [5.74, 6) is -0.568. The number of phenols is 1. The summed E-state index contributed by atoms with van der Waals surface area (Å²) in [6.45, 7) is 3.50. The number of hydrogen-bond donors (Lipinski definition) is 2. The van der Waals surface area contributed by atoms with Crippen molar-refractivity contribution in [3.8, 4) is 5.75 Å². The summed E-state index contributed by atoms with van der Waals surface area (Å²) in [7, 11) is 0. The van der Waals surface area contributed by atoms with Crippen molar-refractivity contribution in [1.29, 1.82) is 0 Å².